The Morgan fingerprint density at radius 1 is 1.29 bits per heavy atom. The van der Waals surface area contributed by atoms with Crippen molar-refractivity contribution in [2.45, 2.75) is 64.3 Å². The van der Waals surface area contributed by atoms with Crippen molar-refractivity contribution in [2.24, 2.45) is 5.92 Å². The number of carbonyl (C=O) groups is 1. The summed E-state index contributed by atoms with van der Waals surface area (Å²) in [5, 5.41) is 6.45. The molecule has 0 aromatic rings. The van der Waals surface area contributed by atoms with E-state index in [0.717, 1.165) is 25.8 Å². The minimum Gasteiger partial charge on any atom is -0.356 e. The van der Waals surface area contributed by atoms with Crippen molar-refractivity contribution in [2.75, 3.05) is 13.6 Å². The lowest BCUT2D eigenvalue weighted by Gasteiger charge is -2.36. The Labute approximate surface area is 106 Å². The molecule has 0 aliphatic heterocycles. The van der Waals surface area contributed by atoms with E-state index in [4.69, 9.17) is 0 Å². The quantitative estimate of drug-likeness (QED) is 0.749. The lowest BCUT2D eigenvalue weighted by molar-refractivity contribution is -0.123. The molecule has 1 saturated carbocycles. The van der Waals surface area contributed by atoms with E-state index < -0.39 is 0 Å². The lowest BCUT2D eigenvalue weighted by Crippen LogP contribution is -2.48. The van der Waals surface area contributed by atoms with Gasteiger partial charge in [0.2, 0.25) is 5.91 Å². The zero-order valence-electron chi connectivity index (χ0n) is 11.6. The maximum Gasteiger partial charge on any atom is 0.221 e. The van der Waals surface area contributed by atoms with Crippen LogP contribution >= 0.6 is 0 Å². The molecular weight excluding hydrogens is 212 g/mol. The lowest BCUT2D eigenvalue weighted by atomic mass is 9.79. The number of amides is 1. The van der Waals surface area contributed by atoms with Gasteiger partial charge in [0.25, 0.3) is 0 Å². The van der Waals surface area contributed by atoms with E-state index in [9.17, 15) is 4.79 Å². The highest BCUT2D eigenvalue weighted by molar-refractivity contribution is 5.77. The van der Waals surface area contributed by atoms with E-state index in [1.807, 2.05) is 7.05 Å². The molecule has 1 rings (SSSR count). The molecule has 0 aromatic carbocycles. The molecule has 0 saturated heterocycles. The molecule has 1 unspecified atom stereocenters. The molecule has 3 heteroatoms. The minimum atomic E-state index is 0.0672. The minimum absolute atomic E-state index is 0.0672. The van der Waals surface area contributed by atoms with Crippen LogP contribution < -0.4 is 10.6 Å². The van der Waals surface area contributed by atoms with E-state index in [2.05, 4.69) is 24.5 Å². The van der Waals surface area contributed by atoms with Gasteiger partial charge in [0.05, 0.1) is 0 Å². The van der Waals surface area contributed by atoms with Crippen molar-refractivity contribution in [3.8, 4) is 0 Å². The monoisotopic (exact) mass is 240 g/mol. The van der Waals surface area contributed by atoms with Crippen molar-refractivity contribution in [1.29, 1.82) is 0 Å². The first-order valence-corrected chi connectivity index (χ1v) is 7.07. The number of rotatable bonds is 6. The molecular formula is C14H28N2O. The van der Waals surface area contributed by atoms with Gasteiger partial charge in [0.15, 0.2) is 0 Å². The Hall–Kier alpha value is -0.570. The second-order valence-electron chi connectivity index (χ2n) is 5.59. The summed E-state index contributed by atoms with van der Waals surface area (Å²) in [7, 11) is 1.99. The van der Waals surface area contributed by atoms with Crippen molar-refractivity contribution in [1.82, 2.24) is 10.6 Å². The highest BCUT2D eigenvalue weighted by Gasteiger charge is 2.32. The van der Waals surface area contributed by atoms with Crippen LogP contribution in [0.5, 0.6) is 0 Å². The van der Waals surface area contributed by atoms with Crippen molar-refractivity contribution in [3.63, 3.8) is 0 Å². The van der Waals surface area contributed by atoms with Crippen LogP contribution in [0.3, 0.4) is 0 Å². The molecule has 1 atom stereocenters. The summed E-state index contributed by atoms with van der Waals surface area (Å²) in [4.78, 5) is 11.9. The normalized spacial score (nSPS) is 20.9. The largest absolute Gasteiger partial charge is 0.356 e. The summed E-state index contributed by atoms with van der Waals surface area (Å²) >= 11 is 0. The number of carbonyl (C=O) groups excluding carboxylic acids is 1. The van der Waals surface area contributed by atoms with Crippen LogP contribution in [0.4, 0.5) is 0 Å². The van der Waals surface area contributed by atoms with Gasteiger partial charge >= 0.3 is 0 Å². The smallest absolute Gasteiger partial charge is 0.221 e. The molecule has 3 nitrogen and oxygen atoms in total. The predicted molar refractivity (Wildman–Crippen MR) is 72.0 cm³/mol. The van der Waals surface area contributed by atoms with Gasteiger partial charge in [0, 0.05) is 18.5 Å². The van der Waals surface area contributed by atoms with Gasteiger partial charge in [-0.1, -0.05) is 39.5 Å². The summed E-state index contributed by atoms with van der Waals surface area (Å²) < 4.78 is 0. The summed E-state index contributed by atoms with van der Waals surface area (Å²) in [6.45, 7) is 5.15. The molecule has 1 aliphatic rings. The van der Waals surface area contributed by atoms with Crippen molar-refractivity contribution < 1.29 is 4.79 Å². The SMILES string of the molecule is CCC(C)CNC(=O)CC1(NC)CCCCC1. The first-order valence-electron chi connectivity index (χ1n) is 7.07. The number of hydrogen-bond acceptors (Lipinski definition) is 2. The molecule has 2 N–H and O–H groups in total. The zero-order valence-corrected chi connectivity index (χ0v) is 11.6. The molecule has 1 fully saturated rings. The van der Waals surface area contributed by atoms with E-state index in [0.29, 0.717) is 12.3 Å². The second-order valence-corrected chi connectivity index (χ2v) is 5.59. The average molecular weight is 240 g/mol. The van der Waals surface area contributed by atoms with E-state index in [1.54, 1.807) is 0 Å². The van der Waals surface area contributed by atoms with Crippen LogP contribution in [0, 0.1) is 5.92 Å². The third-order valence-corrected chi connectivity index (χ3v) is 4.18. The van der Waals surface area contributed by atoms with E-state index >= 15 is 0 Å². The van der Waals surface area contributed by atoms with Crippen LogP contribution in [0.25, 0.3) is 0 Å². The van der Waals surface area contributed by atoms with Crippen LogP contribution in [0.15, 0.2) is 0 Å². The Morgan fingerprint density at radius 2 is 1.94 bits per heavy atom. The molecule has 0 spiro atoms. The van der Waals surface area contributed by atoms with Crippen LogP contribution in [-0.2, 0) is 4.79 Å². The van der Waals surface area contributed by atoms with Crippen molar-refractivity contribution in [3.05, 3.63) is 0 Å². The fourth-order valence-electron chi connectivity index (χ4n) is 2.55. The maximum atomic E-state index is 11.9. The first-order chi connectivity index (χ1) is 8.12. The van der Waals surface area contributed by atoms with Crippen molar-refractivity contribution >= 4 is 5.91 Å². The van der Waals surface area contributed by atoms with E-state index in [1.165, 1.54) is 19.3 Å². The maximum absolute atomic E-state index is 11.9. The Kier molecular flexibility index (Phi) is 5.96. The standard InChI is InChI=1S/C14H28N2O/c1-4-12(2)11-16-13(17)10-14(15-3)8-6-5-7-9-14/h12,15H,4-11H2,1-3H3,(H,16,17). The first kappa shape index (κ1) is 14.5. The number of nitrogens with one attached hydrogen (secondary N) is 2. The third kappa shape index (κ3) is 4.66. The highest BCUT2D eigenvalue weighted by Crippen LogP contribution is 2.30. The molecule has 0 bridgehead atoms. The van der Waals surface area contributed by atoms with Gasteiger partial charge in [0.1, 0.15) is 0 Å². The topological polar surface area (TPSA) is 41.1 Å². The molecule has 0 aromatic heterocycles. The van der Waals surface area contributed by atoms with Gasteiger partial charge in [-0.15, -0.1) is 0 Å². The van der Waals surface area contributed by atoms with Gasteiger partial charge in [-0.2, -0.15) is 0 Å². The molecule has 17 heavy (non-hydrogen) atoms. The Bertz CT molecular complexity index is 234. The fraction of sp³-hybridized carbons (Fsp3) is 0.929. The Morgan fingerprint density at radius 3 is 2.47 bits per heavy atom. The van der Waals surface area contributed by atoms with E-state index in [-0.39, 0.29) is 11.4 Å². The van der Waals surface area contributed by atoms with Gasteiger partial charge in [-0.05, 0) is 25.8 Å². The molecule has 1 aliphatic carbocycles. The summed E-state index contributed by atoms with van der Waals surface area (Å²) in [5.74, 6) is 0.789. The Balaban J connectivity index is 2.37. The van der Waals surface area contributed by atoms with Crippen LogP contribution in [-0.4, -0.2) is 25.0 Å². The second kappa shape index (κ2) is 7.00. The van der Waals surface area contributed by atoms with Gasteiger partial charge < -0.3 is 10.6 Å². The zero-order chi connectivity index (χ0) is 12.7. The average Bonchev–Trinajstić information content (AvgIpc) is 2.37. The van der Waals surface area contributed by atoms with Crippen LogP contribution in [0.2, 0.25) is 0 Å². The van der Waals surface area contributed by atoms with Gasteiger partial charge in [-0.25, -0.2) is 0 Å². The third-order valence-electron chi connectivity index (χ3n) is 4.18. The van der Waals surface area contributed by atoms with Crippen LogP contribution in [0.1, 0.15) is 58.8 Å². The van der Waals surface area contributed by atoms with Gasteiger partial charge in [-0.3, -0.25) is 4.79 Å². The fourth-order valence-corrected chi connectivity index (χ4v) is 2.55. The summed E-state index contributed by atoms with van der Waals surface area (Å²) in [5.41, 5.74) is 0.0672. The highest BCUT2D eigenvalue weighted by atomic mass is 16.1. The summed E-state index contributed by atoms with van der Waals surface area (Å²) in [6.07, 6.45) is 7.86. The molecule has 1 amide bonds. The summed E-state index contributed by atoms with van der Waals surface area (Å²) in [6, 6.07) is 0. The molecule has 0 heterocycles. The number of hydrogen-bond donors (Lipinski definition) is 2. The molecule has 0 radical (unpaired) electrons. The molecule has 100 valence electrons. The predicted octanol–water partition coefficient (Wildman–Crippen LogP) is 2.46.